The van der Waals surface area contributed by atoms with Crippen molar-refractivity contribution in [3.8, 4) is 0 Å². The molecule has 144 valence electrons. The molecule has 2 aromatic rings. The van der Waals surface area contributed by atoms with Crippen molar-refractivity contribution in [3.63, 3.8) is 0 Å². The molecule has 12 heteroatoms. The quantitative estimate of drug-likeness (QED) is 0.767. The van der Waals surface area contributed by atoms with Gasteiger partial charge in [0.25, 0.3) is 0 Å². The molecule has 1 fully saturated rings. The smallest absolute Gasteiger partial charge is 0.374 e. The number of hydrogen-bond acceptors (Lipinski definition) is 9. The van der Waals surface area contributed by atoms with Gasteiger partial charge >= 0.3 is 6.18 Å². The van der Waals surface area contributed by atoms with Gasteiger partial charge in [0.05, 0.1) is 6.54 Å². The highest BCUT2D eigenvalue weighted by atomic mass is 32.1. The Morgan fingerprint density at radius 3 is 2.73 bits per heavy atom. The van der Waals surface area contributed by atoms with Crippen LogP contribution in [0.25, 0.3) is 0 Å². The van der Waals surface area contributed by atoms with Gasteiger partial charge in [0, 0.05) is 33.3 Å². The van der Waals surface area contributed by atoms with Gasteiger partial charge in [-0.1, -0.05) is 16.5 Å². The van der Waals surface area contributed by atoms with Gasteiger partial charge in [0.2, 0.25) is 16.0 Å². The molecule has 3 heterocycles. The van der Waals surface area contributed by atoms with Crippen LogP contribution in [0.15, 0.2) is 4.52 Å². The molecule has 0 aromatic carbocycles. The topological polar surface area (TPSA) is 80.4 Å². The van der Waals surface area contributed by atoms with Crippen LogP contribution in [0.5, 0.6) is 0 Å². The summed E-state index contributed by atoms with van der Waals surface area (Å²) in [7, 11) is 1.57. The second-order valence-corrected chi connectivity index (χ2v) is 6.88. The summed E-state index contributed by atoms with van der Waals surface area (Å²) in [5, 5.41) is 10.2. The second kappa shape index (κ2) is 7.84. The van der Waals surface area contributed by atoms with E-state index >= 15 is 0 Å². The molecule has 8 nitrogen and oxygen atoms in total. The van der Waals surface area contributed by atoms with Gasteiger partial charge in [-0.05, 0) is 13.3 Å². The van der Waals surface area contributed by atoms with E-state index < -0.39 is 11.2 Å². The zero-order chi connectivity index (χ0) is 18.7. The molecule has 1 atom stereocenters. The number of rotatable bonds is 5. The van der Waals surface area contributed by atoms with Gasteiger partial charge in [0.15, 0.2) is 5.82 Å². The van der Waals surface area contributed by atoms with Crippen molar-refractivity contribution in [1.82, 2.24) is 25.2 Å². The largest absolute Gasteiger partial charge is 0.445 e. The fourth-order valence-electron chi connectivity index (χ4n) is 2.57. The van der Waals surface area contributed by atoms with Gasteiger partial charge in [-0.3, -0.25) is 4.90 Å². The molecule has 0 bridgehead atoms. The third kappa shape index (κ3) is 4.48. The van der Waals surface area contributed by atoms with Crippen LogP contribution in [-0.2, 0) is 17.5 Å². The van der Waals surface area contributed by atoms with Crippen molar-refractivity contribution in [3.05, 3.63) is 16.7 Å². The van der Waals surface area contributed by atoms with Crippen molar-refractivity contribution >= 4 is 16.5 Å². The average Bonchev–Trinajstić information content (AvgIpc) is 3.21. The van der Waals surface area contributed by atoms with Crippen LogP contribution < -0.4 is 4.90 Å². The molecule has 1 aliphatic heterocycles. The van der Waals surface area contributed by atoms with Gasteiger partial charge in [-0.2, -0.15) is 18.2 Å². The number of hydrogen-bond donors (Lipinski definition) is 0. The molecule has 26 heavy (non-hydrogen) atoms. The summed E-state index contributed by atoms with van der Waals surface area (Å²) in [4.78, 5) is 8.27. The Balaban J connectivity index is 1.58. The van der Waals surface area contributed by atoms with Gasteiger partial charge in [-0.15, -0.1) is 10.2 Å². The summed E-state index contributed by atoms with van der Waals surface area (Å²) in [6, 6.07) is 0. The predicted molar refractivity (Wildman–Crippen MR) is 86.7 cm³/mol. The standard InChI is InChI=1S/C14H19F3N6O2S/c1-9(24-2)11-18-10(25-21-11)8-22-4-3-5-23(7-6-22)13-20-19-12(26-13)14(15,16)17/h9H,3-8H2,1-2H3. The molecule has 0 saturated carbocycles. The zero-order valence-electron chi connectivity index (χ0n) is 14.4. The Kier molecular flexibility index (Phi) is 5.73. The number of aromatic nitrogens is 4. The molecule has 1 aliphatic rings. The molecule has 0 aliphatic carbocycles. The number of ether oxygens (including phenoxy) is 1. The first-order chi connectivity index (χ1) is 12.4. The Labute approximate surface area is 151 Å². The second-order valence-electron chi connectivity index (χ2n) is 5.93. The van der Waals surface area contributed by atoms with Crippen LogP contribution in [0.1, 0.15) is 36.2 Å². The Morgan fingerprint density at radius 1 is 1.23 bits per heavy atom. The molecule has 0 spiro atoms. The van der Waals surface area contributed by atoms with Crippen LogP contribution in [0.4, 0.5) is 18.3 Å². The van der Waals surface area contributed by atoms with Crippen LogP contribution in [0.3, 0.4) is 0 Å². The SMILES string of the molecule is COC(C)c1noc(CN2CCCN(c3nnc(C(F)(F)F)s3)CC2)n1. The van der Waals surface area contributed by atoms with Crippen molar-refractivity contribution < 1.29 is 22.4 Å². The molecule has 3 rings (SSSR count). The van der Waals surface area contributed by atoms with E-state index in [0.29, 0.717) is 54.4 Å². The summed E-state index contributed by atoms with van der Waals surface area (Å²) in [5.74, 6) is 0.986. The van der Waals surface area contributed by atoms with E-state index in [-0.39, 0.29) is 6.10 Å². The molecule has 0 N–H and O–H groups in total. The van der Waals surface area contributed by atoms with E-state index in [1.165, 1.54) is 0 Å². The maximum atomic E-state index is 12.7. The van der Waals surface area contributed by atoms with Crippen molar-refractivity contribution in [2.24, 2.45) is 0 Å². The van der Waals surface area contributed by atoms with Crippen molar-refractivity contribution in [2.45, 2.75) is 32.2 Å². The maximum absolute atomic E-state index is 12.7. The summed E-state index contributed by atoms with van der Waals surface area (Å²) in [5.41, 5.74) is 0. The normalized spacial score (nSPS) is 18.1. The van der Waals surface area contributed by atoms with Gasteiger partial charge in [-0.25, -0.2) is 0 Å². The monoisotopic (exact) mass is 392 g/mol. The minimum absolute atomic E-state index is 0.243. The fourth-order valence-corrected chi connectivity index (χ4v) is 3.34. The van der Waals surface area contributed by atoms with Crippen molar-refractivity contribution in [1.29, 1.82) is 0 Å². The lowest BCUT2D eigenvalue weighted by Gasteiger charge is -2.19. The van der Waals surface area contributed by atoms with E-state index in [2.05, 4.69) is 25.2 Å². The molecule has 2 aromatic heterocycles. The molecule has 0 radical (unpaired) electrons. The first kappa shape index (κ1) is 19.0. The Hall–Kier alpha value is -1.79. The molecule has 0 amide bonds. The lowest BCUT2D eigenvalue weighted by molar-refractivity contribution is -0.138. The number of halogens is 3. The van der Waals surface area contributed by atoms with Crippen LogP contribution >= 0.6 is 11.3 Å². The third-order valence-electron chi connectivity index (χ3n) is 4.08. The lowest BCUT2D eigenvalue weighted by Crippen LogP contribution is -2.30. The molecule has 1 unspecified atom stereocenters. The number of alkyl halides is 3. The van der Waals surface area contributed by atoms with Crippen LogP contribution in [-0.4, -0.2) is 58.5 Å². The summed E-state index contributed by atoms with van der Waals surface area (Å²) in [6.45, 7) is 4.93. The third-order valence-corrected chi connectivity index (χ3v) is 5.10. The van der Waals surface area contributed by atoms with Gasteiger partial charge in [0.1, 0.15) is 6.10 Å². The number of nitrogens with zero attached hydrogens (tertiary/aromatic N) is 6. The first-order valence-corrected chi connectivity index (χ1v) is 8.91. The average molecular weight is 392 g/mol. The highest BCUT2D eigenvalue weighted by Crippen LogP contribution is 2.34. The fraction of sp³-hybridized carbons (Fsp3) is 0.714. The van der Waals surface area contributed by atoms with Crippen LogP contribution in [0, 0.1) is 0 Å². The van der Waals surface area contributed by atoms with Crippen molar-refractivity contribution in [2.75, 3.05) is 38.2 Å². The minimum Gasteiger partial charge on any atom is -0.374 e. The summed E-state index contributed by atoms with van der Waals surface area (Å²) in [6.07, 6.45) is -3.91. The predicted octanol–water partition coefficient (Wildman–Crippen LogP) is 2.36. The highest BCUT2D eigenvalue weighted by Gasteiger charge is 2.36. The zero-order valence-corrected chi connectivity index (χ0v) is 15.2. The van der Waals surface area contributed by atoms with E-state index in [1.54, 1.807) is 7.11 Å². The lowest BCUT2D eigenvalue weighted by atomic mass is 10.4. The number of anilines is 1. The van der Waals surface area contributed by atoms with E-state index in [4.69, 9.17) is 9.26 Å². The Morgan fingerprint density at radius 2 is 2.04 bits per heavy atom. The molecular weight excluding hydrogens is 373 g/mol. The highest BCUT2D eigenvalue weighted by molar-refractivity contribution is 7.15. The molecular formula is C14H19F3N6O2S. The maximum Gasteiger partial charge on any atom is 0.445 e. The van der Waals surface area contributed by atoms with Crippen LogP contribution in [0.2, 0.25) is 0 Å². The van der Waals surface area contributed by atoms with E-state index in [0.717, 1.165) is 13.0 Å². The minimum atomic E-state index is -4.46. The van der Waals surface area contributed by atoms with Gasteiger partial charge < -0.3 is 14.2 Å². The number of methoxy groups -OCH3 is 1. The summed E-state index contributed by atoms with van der Waals surface area (Å²) < 4.78 is 48.5. The first-order valence-electron chi connectivity index (χ1n) is 8.10. The molecule has 1 saturated heterocycles. The van der Waals surface area contributed by atoms with E-state index in [9.17, 15) is 13.2 Å². The summed E-state index contributed by atoms with van der Waals surface area (Å²) >= 11 is 0.575. The van der Waals surface area contributed by atoms with E-state index in [1.807, 2.05) is 11.8 Å². The Bertz CT molecular complexity index is 722.